The summed E-state index contributed by atoms with van der Waals surface area (Å²) >= 11 is 0. The molecule has 0 saturated carbocycles. The number of terminal acetylenes is 1. The first-order chi connectivity index (χ1) is 6.54. The van der Waals surface area contributed by atoms with Crippen LogP contribution in [-0.2, 0) is 6.18 Å². The molecule has 0 aliphatic carbocycles. The highest BCUT2D eigenvalue weighted by molar-refractivity contribution is 5.47. The van der Waals surface area contributed by atoms with Crippen molar-refractivity contribution in [2.24, 2.45) is 0 Å². The van der Waals surface area contributed by atoms with E-state index in [0.717, 1.165) is 12.1 Å². The molecular formula is C10H8F3N. The maximum absolute atomic E-state index is 12.2. The van der Waals surface area contributed by atoms with Gasteiger partial charge in [-0.2, -0.15) is 13.2 Å². The zero-order chi connectivity index (χ0) is 10.6. The fourth-order valence-electron chi connectivity index (χ4n) is 0.959. The fraction of sp³-hybridized carbons (Fsp3) is 0.200. The normalized spacial score (nSPS) is 10.7. The molecule has 0 fully saturated rings. The van der Waals surface area contributed by atoms with Crippen molar-refractivity contribution in [2.75, 3.05) is 11.9 Å². The summed E-state index contributed by atoms with van der Waals surface area (Å²) in [6.45, 7) is 0.210. The van der Waals surface area contributed by atoms with Gasteiger partial charge in [0.05, 0.1) is 12.1 Å². The van der Waals surface area contributed by atoms with Crippen molar-refractivity contribution >= 4 is 5.69 Å². The molecule has 0 saturated heterocycles. The molecule has 1 aromatic carbocycles. The molecule has 0 aliphatic rings. The highest BCUT2D eigenvalue weighted by atomic mass is 19.4. The largest absolute Gasteiger partial charge is 0.416 e. The van der Waals surface area contributed by atoms with Crippen LogP contribution < -0.4 is 5.32 Å². The molecule has 0 bridgehead atoms. The SMILES string of the molecule is C#CCNc1cccc(C(F)(F)F)c1. The minimum absolute atomic E-state index is 0.210. The molecule has 0 amide bonds. The zero-order valence-electron chi connectivity index (χ0n) is 7.23. The molecule has 0 aliphatic heterocycles. The monoisotopic (exact) mass is 199 g/mol. The van der Waals surface area contributed by atoms with Crippen LogP contribution in [0.15, 0.2) is 24.3 Å². The molecule has 0 atom stereocenters. The van der Waals surface area contributed by atoms with Crippen LogP contribution in [0.5, 0.6) is 0 Å². The van der Waals surface area contributed by atoms with E-state index in [-0.39, 0.29) is 6.54 Å². The van der Waals surface area contributed by atoms with Crippen LogP contribution in [0.1, 0.15) is 5.56 Å². The predicted molar refractivity (Wildman–Crippen MR) is 48.8 cm³/mol. The van der Waals surface area contributed by atoms with E-state index in [1.54, 1.807) is 0 Å². The maximum Gasteiger partial charge on any atom is 0.416 e. The predicted octanol–water partition coefficient (Wildman–Crippen LogP) is 2.75. The maximum atomic E-state index is 12.2. The van der Waals surface area contributed by atoms with Crippen molar-refractivity contribution < 1.29 is 13.2 Å². The van der Waals surface area contributed by atoms with Gasteiger partial charge in [-0.05, 0) is 18.2 Å². The number of halogens is 3. The molecule has 1 rings (SSSR count). The highest BCUT2D eigenvalue weighted by Gasteiger charge is 2.30. The molecule has 1 nitrogen and oxygen atoms in total. The smallest absolute Gasteiger partial charge is 0.374 e. The van der Waals surface area contributed by atoms with Gasteiger partial charge in [-0.25, -0.2) is 0 Å². The lowest BCUT2D eigenvalue weighted by Crippen LogP contribution is -2.06. The van der Waals surface area contributed by atoms with Gasteiger partial charge >= 0.3 is 6.18 Å². The van der Waals surface area contributed by atoms with Crippen LogP contribution in [-0.4, -0.2) is 6.54 Å². The van der Waals surface area contributed by atoms with E-state index in [0.29, 0.717) is 5.69 Å². The summed E-state index contributed by atoms with van der Waals surface area (Å²) in [5.41, 5.74) is -0.308. The van der Waals surface area contributed by atoms with E-state index in [4.69, 9.17) is 6.42 Å². The molecule has 0 radical (unpaired) electrons. The van der Waals surface area contributed by atoms with Crippen molar-refractivity contribution in [3.05, 3.63) is 29.8 Å². The van der Waals surface area contributed by atoms with E-state index in [2.05, 4.69) is 11.2 Å². The molecule has 0 heterocycles. The van der Waals surface area contributed by atoms with Crippen LogP contribution >= 0.6 is 0 Å². The van der Waals surface area contributed by atoms with Crippen molar-refractivity contribution in [3.8, 4) is 12.3 Å². The van der Waals surface area contributed by atoms with Crippen LogP contribution in [0.3, 0.4) is 0 Å². The lowest BCUT2D eigenvalue weighted by molar-refractivity contribution is -0.137. The number of anilines is 1. The molecule has 1 N–H and O–H groups in total. The number of hydrogen-bond acceptors (Lipinski definition) is 1. The molecule has 0 spiro atoms. The number of alkyl halides is 3. The summed E-state index contributed by atoms with van der Waals surface area (Å²) in [6, 6.07) is 4.91. The van der Waals surface area contributed by atoms with Gasteiger partial charge in [0.2, 0.25) is 0 Å². The Labute approximate surface area is 79.9 Å². The minimum atomic E-state index is -4.31. The summed E-state index contributed by atoms with van der Waals surface area (Å²) in [5, 5.41) is 2.67. The lowest BCUT2D eigenvalue weighted by atomic mass is 10.2. The van der Waals surface area contributed by atoms with E-state index in [1.165, 1.54) is 12.1 Å². The third kappa shape index (κ3) is 2.70. The van der Waals surface area contributed by atoms with E-state index >= 15 is 0 Å². The Bertz CT molecular complexity index is 349. The molecule has 14 heavy (non-hydrogen) atoms. The standard InChI is InChI=1S/C10H8F3N/c1-2-6-14-9-5-3-4-8(7-9)10(11,12)13/h1,3-5,7,14H,6H2. The quantitative estimate of drug-likeness (QED) is 0.722. The topological polar surface area (TPSA) is 12.0 Å². The summed E-state index contributed by atoms with van der Waals surface area (Å²) in [6.07, 6.45) is 0.654. The molecule has 4 heteroatoms. The van der Waals surface area contributed by atoms with Crippen LogP contribution in [0.4, 0.5) is 18.9 Å². The van der Waals surface area contributed by atoms with E-state index in [9.17, 15) is 13.2 Å². The Hall–Kier alpha value is -1.63. The van der Waals surface area contributed by atoms with Gasteiger partial charge in [-0.15, -0.1) is 6.42 Å². The van der Waals surface area contributed by atoms with Gasteiger partial charge in [-0.3, -0.25) is 0 Å². The molecule has 1 aromatic rings. The summed E-state index contributed by atoms with van der Waals surface area (Å²) in [4.78, 5) is 0. The Balaban J connectivity index is 2.86. The molecule has 0 unspecified atom stereocenters. The van der Waals surface area contributed by atoms with Gasteiger partial charge in [0.25, 0.3) is 0 Å². The Kier molecular flexibility index (Phi) is 3.03. The lowest BCUT2D eigenvalue weighted by Gasteiger charge is -2.08. The summed E-state index contributed by atoms with van der Waals surface area (Å²) in [5.74, 6) is 2.28. The van der Waals surface area contributed by atoms with Crippen molar-refractivity contribution in [1.82, 2.24) is 0 Å². The number of nitrogens with one attached hydrogen (secondary N) is 1. The van der Waals surface area contributed by atoms with Crippen molar-refractivity contribution in [1.29, 1.82) is 0 Å². The van der Waals surface area contributed by atoms with Gasteiger partial charge in [0.15, 0.2) is 0 Å². The van der Waals surface area contributed by atoms with E-state index < -0.39 is 11.7 Å². The van der Waals surface area contributed by atoms with E-state index in [1.807, 2.05) is 0 Å². The van der Waals surface area contributed by atoms with Gasteiger partial charge in [0, 0.05) is 5.69 Å². The van der Waals surface area contributed by atoms with Gasteiger partial charge in [-0.1, -0.05) is 12.0 Å². The van der Waals surface area contributed by atoms with Crippen LogP contribution in [0.2, 0.25) is 0 Å². The minimum Gasteiger partial charge on any atom is -0.374 e. The van der Waals surface area contributed by atoms with Crippen LogP contribution in [0, 0.1) is 12.3 Å². The number of benzene rings is 1. The zero-order valence-corrected chi connectivity index (χ0v) is 7.23. The Morgan fingerprint density at radius 2 is 2.07 bits per heavy atom. The van der Waals surface area contributed by atoms with Crippen molar-refractivity contribution in [2.45, 2.75) is 6.18 Å². The molecule has 74 valence electrons. The fourth-order valence-corrected chi connectivity index (χ4v) is 0.959. The third-order valence-corrected chi connectivity index (χ3v) is 1.58. The Morgan fingerprint density at radius 1 is 1.36 bits per heavy atom. The second-order valence-electron chi connectivity index (χ2n) is 2.64. The number of rotatable bonds is 2. The number of hydrogen-bond donors (Lipinski definition) is 1. The average molecular weight is 199 g/mol. The van der Waals surface area contributed by atoms with Crippen molar-refractivity contribution in [3.63, 3.8) is 0 Å². The second-order valence-corrected chi connectivity index (χ2v) is 2.64. The first-order valence-electron chi connectivity index (χ1n) is 3.88. The van der Waals surface area contributed by atoms with Gasteiger partial charge < -0.3 is 5.32 Å². The second kappa shape index (κ2) is 4.05. The van der Waals surface area contributed by atoms with Crippen LogP contribution in [0.25, 0.3) is 0 Å². The van der Waals surface area contributed by atoms with Gasteiger partial charge in [0.1, 0.15) is 0 Å². The summed E-state index contributed by atoms with van der Waals surface area (Å²) < 4.78 is 36.7. The summed E-state index contributed by atoms with van der Waals surface area (Å²) in [7, 11) is 0. The molecule has 0 aromatic heterocycles. The molecular weight excluding hydrogens is 191 g/mol. The third-order valence-electron chi connectivity index (χ3n) is 1.58. The highest BCUT2D eigenvalue weighted by Crippen LogP contribution is 2.30. The average Bonchev–Trinajstić information content (AvgIpc) is 2.14. The first kappa shape index (κ1) is 10.5. The Morgan fingerprint density at radius 3 is 2.64 bits per heavy atom. The first-order valence-corrected chi connectivity index (χ1v) is 3.88.